The van der Waals surface area contributed by atoms with Crippen molar-refractivity contribution in [1.29, 1.82) is 0 Å². The van der Waals surface area contributed by atoms with Gasteiger partial charge in [-0.3, -0.25) is 4.79 Å². The second-order valence-electron chi connectivity index (χ2n) is 3.03. The average Bonchev–Trinajstić information content (AvgIpc) is 2.64. The molecule has 10 heavy (non-hydrogen) atoms. The SMILES string of the molecule is CC(=O)C(C)OCC1CC1. The molecule has 1 aliphatic rings. The van der Waals surface area contributed by atoms with Gasteiger partial charge in [0.15, 0.2) is 5.78 Å². The smallest absolute Gasteiger partial charge is 0.158 e. The molecule has 1 rings (SSSR count). The summed E-state index contributed by atoms with van der Waals surface area (Å²) < 4.78 is 5.28. The maximum atomic E-state index is 10.7. The molecule has 0 N–H and O–H groups in total. The summed E-state index contributed by atoms with van der Waals surface area (Å²) in [5.41, 5.74) is 0. The van der Waals surface area contributed by atoms with Crippen molar-refractivity contribution >= 4 is 5.78 Å². The van der Waals surface area contributed by atoms with Crippen LogP contribution in [0.25, 0.3) is 0 Å². The third-order valence-electron chi connectivity index (χ3n) is 1.85. The van der Waals surface area contributed by atoms with E-state index in [1.807, 2.05) is 6.92 Å². The number of carbonyl (C=O) groups is 1. The Labute approximate surface area is 61.6 Å². The minimum absolute atomic E-state index is 0.126. The Morgan fingerprint density at radius 2 is 2.30 bits per heavy atom. The van der Waals surface area contributed by atoms with Gasteiger partial charge < -0.3 is 4.74 Å². The molecule has 1 aliphatic carbocycles. The lowest BCUT2D eigenvalue weighted by Gasteiger charge is -2.07. The van der Waals surface area contributed by atoms with Crippen LogP contribution in [0, 0.1) is 5.92 Å². The zero-order chi connectivity index (χ0) is 7.56. The fourth-order valence-electron chi connectivity index (χ4n) is 0.682. The molecule has 0 spiro atoms. The minimum Gasteiger partial charge on any atom is -0.370 e. The van der Waals surface area contributed by atoms with E-state index >= 15 is 0 Å². The highest BCUT2D eigenvalue weighted by atomic mass is 16.5. The van der Waals surface area contributed by atoms with E-state index in [0.717, 1.165) is 12.5 Å². The first-order valence-electron chi connectivity index (χ1n) is 3.82. The molecule has 1 fully saturated rings. The van der Waals surface area contributed by atoms with Crippen LogP contribution in [0.4, 0.5) is 0 Å². The summed E-state index contributed by atoms with van der Waals surface area (Å²) in [4.78, 5) is 10.7. The van der Waals surface area contributed by atoms with E-state index in [1.54, 1.807) is 6.92 Å². The molecule has 2 nitrogen and oxygen atoms in total. The number of hydrogen-bond donors (Lipinski definition) is 0. The molecule has 58 valence electrons. The van der Waals surface area contributed by atoms with Crippen molar-refractivity contribution in [3.63, 3.8) is 0 Å². The molecule has 1 saturated carbocycles. The van der Waals surface area contributed by atoms with E-state index in [2.05, 4.69) is 0 Å². The number of Topliss-reactive ketones (excluding diaryl/α,β-unsaturated/α-hetero) is 1. The molecule has 0 saturated heterocycles. The number of carbonyl (C=O) groups excluding carboxylic acids is 1. The molecule has 0 aromatic heterocycles. The van der Waals surface area contributed by atoms with Gasteiger partial charge >= 0.3 is 0 Å². The lowest BCUT2D eigenvalue weighted by molar-refractivity contribution is -0.127. The van der Waals surface area contributed by atoms with Crippen molar-refractivity contribution in [1.82, 2.24) is 0 Å². The van der Waals surface area contributed by atoms with Crippen LogP contribution in [-0.4, -0.2) is 18.5 Å². The molecule has 0 aromatic carbocycles. The highest BCUT2D eigenvalue weighted by molar-refractivity contribution is 5.79. The summed E-state index contributed by atoms with van der Waals surface area (Å²) in [6.45, 7) is 4.16. The second kappa shape index (κ2) is 3.15. The van der Waals surface area contributed by atoms with Crippen molar-refractivity contribution in [2.75, 3.05) is 6.61 Å². The Morgan fingerprint density at radius 3 is 2.70 bits per heavy atom. The third-order valence-corrected chi connectivity index (χ3v) is 1.85. The maximum Gasteiger partial charge on any atom is 0.158 e. The predicted molar refractivity (Wildman–Crippen MR) is 38.8 cm³/mol. The average molecular weight is 142 g/mol. The normalized spacial score (nSPS) is 20.6. The van der Waals surface area contributed by atoms with Gasteiger partial charge in [-0.2, -0.15) is 0 Å². The summed E-state index contributed by atoms with van der Waals surface area (Å²) in [7, 11) is 0. The first-order chi connectivity index (χ1) is 4.70. The summed E-state index contributed by atoms with van der Waals surface area (Å²) in [5.74, 6) is 0.877. The van der Waals surface area contributed by atoms with Crippen LogP contribution in [0.5, 0.6) is 0 Å². The number of rotatable bonds is 4. The van der Waals surface area contributed by atoms with Crippen LogP contribution in [0.1, 0.15) is 26.7 Å². The molecular formula is C8H14O2. The zero-order valence-corrected chi connectivity index (χ0v) is 6.59. The van der Waals surface area contributed by atoms with Crippen molar-refractivity contribution in [2.45, 2.75) is 32.8 Å². The minimum atomic E-state index is -0.194. The van der Waals surface area contributed by atoms with Gasteiger partial charge in [0.1, 0.15) is 6.10 Å². The molecule has 0 amide bonds. The van der Waals surface area contributed by atoms with Gasteiger partial charge in [0.05, 0.1) is 6.61 Å². The molecule has 2 heteroatoms. The van der Waals surface area contributed by atoms with E-state index < -0.39 is 0 Å². The Morgan fingerprint density at radius 1 is 1.70 bits per heavy atom. The third kappa shape index (κ3) is 2.48. The standard InChI is InChI=1S/C8H14O2/c1-6(9)7(2)10-5-8-3-4-8/h7-8H,3-5H2,1-2H3. The lowest BCUT2D eigenvalue weighted by atomic mass is 10.3. The molecule has 0 heterocycles. The van der Waals surface area contributed by atoms with Crippen LogP contribution in [0.15, 0.2) is 0 Å². The van der Waals surface area contributed by atoms with Gasteiger partial charge in [0.25, 0.3) is 0 Å². The highest BCUT2D eigenvalue weighted by Gasteiger charge is 2.22. The first-order valence-corrected chi connectivity index (χ1v) is 3.82. The summed E-state index contributed by atoms with van der Waals surface area (Å²) in [6.07, 6.45) is 2.37. The van der Waals surface area contributed by atoms with E-state index in [1.165, 1.54) is 12.8 Å². The molecule has 0 aliphatic heterocycles. The largest absolute Gasteiger partial charge is 0.370 e. The Bertz CT molecular complexity index is 127. The Balaban J connectivity index is 2.05. The topological polar surface area (TPSA) is 26.3 Å². The van der Waals surface area contributed by atoms with Gasteiger partial charge in [-0.1, -0.05) is 0 Å². The summed E-state index contributed by atoms with van der Waals surface area (Å²) >= 11 is 0. The number of hydrogen-bond acceptors (Lipinski definition) is 2. The van der Waals surface area contributed by atoms with E-state index in [0.29, 0.717) is 0 Å². The van der Waals surface area contributed by atoms with Crippen molar-refractivity contribution in [3.8, 4) is 0 Å². The number of ether oxygens (including phenoxy) is 1. The maximum absolute atomic E-state index is 10.7. The zero-order valence-electron chi connectivity index (χ0n) is 6.59. The lowest BCUT2D eigenvalue weighted by Crippen LogP contribution is -2.18. The van der Waals surface area contributed by atoms with Crippen LogP contribution < -0.4 is 0 Å². The van der Waals surface area contributed by atoms with Crippen molar-refractivity contribution < 1.29 is 9.53 Å². The van der Waals surface area contributed by atoms with E-state index in [4.69, 9.17) is 4.74 Å². The van der Waals surface area contributed by atoms with Crippen LogP contribution >= 0.6 is 0 Å². The summed E-state index contributed by atoms with van der Waals surface area (Å²) in [5, 5.41) is 0. The Kier molecular flexibility index (Phi) is 2.44. The predicted octanol–water partition coefficient (Wildman–Crippen LogP) is 1.39. The van der Waals surface area contributed by atoms with Gasteiger partial charge in [-0.25, -0.2) is 0 Å². The fraction of sp³-hybridized carbons (Fsp3) is 0.875. The molecule has 0 aromatic rings. The van der Waals surface area contributed by atoms with Gasteiger partial charge in [0, 0.05) is 0 Å². The molecule has 0 bridgehead atoms. The summed E-state index contributed by atoms with van der Waals surface area (Å²) in [6, 6.07) is 0. The van der Waals surface area contributed by atoms with Gasteiger partial charge in [-0.15, -0.1) is 0 Å². The molecule has 1 unspecified atom stereocenters. The molecular weight excluding hydrogens is 128 g/mol. The van der Waals surface area contributed by atoms with Crippen LogP contribution in [0.3, 0.4) is 0 Å². The monoisotopic (exact) mass is 142 g/mol. The van der Waals surface area contributed by atoms with Crippen molar-refractivity contribution in [2.24, 2.45) is 5.92 Å². The molecule has 1 atom stereocenters. The van der Waals surface area contributed by atoms with Crippen LogP contribution in [0.2, 0.25) is 0 Å². The van der Waals surface area contributed by atoms with Gasteiger partial charge in [-0.05, 0) is 32.6 Å². The van der Waals surface area contributed by atoms with Gasteiger partial charge in [0.2, 0.25) is 0 Å². The second-order valence-corrected chi connectivity index (χ2v) is 3.03. The molecule has 0 radical (unpaired) electrons. The highest BCUT2D eigenvalue weighted by Crippen LogP contribution is 2.29. The number of ketones is 1. The van der Waals surface area contributed by atoms with E-state index in [9.17, 15) is 4.79 Å². The van der Waals surface area contributed by atoms with Crippen LogP contribution in [-0.2, 0) is 9.53 Å². The Hall–Kier alpha value is -0.370. The van der Waals surface area contributed by atoms with E-state index in [-0.39, 0.29) is 11.9 Å². The quantitative estimate of drug-likeness (QED) is 0.593. The van der Waals surface area contributed by atoms with Crippen molar-refractivity contribution in [3.05, 3.63) is 0 Å². The first kappa shape index (κ1) is 7.73. The fourth-order valence-corrected chi connectivity index (χ4v) is 0.682.